The van der Waals surface area contributed by atoms with Crippen molar-refractivity contribution in [1.29, 1.82) is 0 Å². The van der Waals surface area contributed by atoms with Crippen LogP contribution in [-0.2, 0) is 6.54 Å². The van der Waals surface area contributed by atoms with E-state index in [2.05, 4.69) is 10.6 Å². The Hall–Kier alpha value is -2.25. The van der Waals surface area contributed by atoms with Gasteiger partial charge >= 0.3 is 0 Å². The van der Waals surface area contributed by atoms with Gasteiger partial charge in [-0.3, -0.25) is 14.5 Å². The highest BCUT2D eigenvalue weighted by atomic mass is 35.5. The number of carbonyl (C=O) groups is 2. The van der Waals surface area contributed by atoms with Crippen LogP contribution in [0.2, 0.25) is 15.1 Å². The van der Waals surface area contributed by atoms with Gasteiger partial charge in [0.2, 0.25) is 0 Å². The van der Waals surface area contributed by atoms with Crippen molar-refractivity contribution in [2.45, 2.75) is 12.1 Å². The van der Waals surface area contributed by atoms with Crippen LogP contribution < -0.4 is 10.6 Å². The van der Waals surface area contributed by atoms with Gasteiger partial charge in [-0.25, -0.2) is 0 Å². The summed E-state index contributed by atoms with van der Waals surface area (Å²) in [4.78, 5) is 27.8. The zero-order chi connectivity index (χ0) is 27.9. The minimum absolute atomic E-state index is 0.0340. The predicted octanol–water partition coefficient (Wildman–Crippen LogP) is 3.72. The molecule has 1 aromatic heterocycles. The Bertz CT molecular complexity index is 1260. The third kappa shape index (κ3) is 7.03. The Balaban J connectivity index is 1.82. The second kappa shape index (κ2) is 13.7. The maximum absolute atomic E-state index is 13.1. The fourth-order valence-corrected chi connectivity index (χ4v) is 5.17. The molecule has 0 saturated heterocycles. The fraction of sp³-hybridized carbons (Fsp3) is 0.280. The van der Waals surface area contributed by atoms with E-state index < -0.39 is 37.2 Å². The summed E-state index contributed by atoms with van der Waals surface area (Å²) in [7, 11) is 0. The minimum Gasteiger partial charge on any atom is -0.395 e. The van der Waals surface area contributed by atoms with Gasteiger partial charge in [0.25, 0.3) is 11.8 Å². The number of aliphatic hydroxyl groups excluding tert-OH is 4. The summed E-state index contributed by atoms with van der Waals surface area (Å²) in [6.45, 7) is -1.91. The van der Waals surface area contributed by atoms with Crippen LogP contribution in [0.5, 0.6) is 0 Å². The van der Waals surface area contributed by atoms with Crippen molar-refractivity contribution >= 4 is 69.3 Å². The third-order valence-electron chi connectivity index (χ3n) is 5.87. The molecular weight excluding hydrogens is 577 g/mol. The number of nitrogens with one attached hydrogen (secondary N) is 2. The molecule has 0 bridgehead atoms. The van der Waals surface area contributed by atoms with Gasteiger partial charge in [-0.1, -0.05) is 34.8 Å². The van der Waals surface area contributed by atoms with E-state index in [0.29, 0.717) is 21.3 Å². The number of thiophene rings is 1. The zero-order valence-electron chi connectivity index (χ0n) is 20.0. The Morgan fingerprint density at radius 3 is 2.11 bits per heavy atom. The number of rotatable bonds is 12. The van der Waals surface area contributed by atoms with E-state index >= 15 is 0 Å². The molecule has 6 N–H and O–H groups in total. The van der Waals surface area contributed by atoms with Crippen molar-refractivity contribution in [3.8, 4) is 0 Å². The Morgan fingerprint density at radius 2 is 1.50 bits per heavy atom. The molecule has 0 unspecified atom stereocenters. The topological polar surface area (TPSA) is 142 Å². The number of β-amino-alcohol motifs (C(OH)–C–C–N with tert-alkyl or cyclic N) is 1. The molecule has 1 heterocycles. The normalized spacial score (nSPS) is 11.6. The number of carbonyl (C=O) groups excluding carboxylic acids is 2. The summed E-state index contributed by atoms with van der Waals surface area (Å²) < 4.78 is 0. The largest absolute Gasteiger partial charge is 0.395 e. The first-order valence-electron chi connectivity index (χ1n) is 11.3. The molecule has 38 heavy (non-hydrogen) atoms. The molecule has 0 fully saturated rings. The molecular formula is C25H26Cl3N3O6S. The van der Waals surface area contributed by atoms with Crippen LogP contribution in [0, 0.1) is 0 Å². The first kappa shape index (κ1) is 30.3. The van der Waals surface area contributed by atoms with E-state index in [1.165, 1.54) is 23.1 Å². The van der Waals surface area contributed by atoms with Crippen LogP contribution in [0.1, 0.15) is 25.6 Å². The maximum atomic E-state index is 13.1. The SMILES string of the molecule is O=C(Nc1ccc(Cl)cc1)c1cc(Cl)ccc1NC(=O)c1scc(CN(CCO)C(CO)(CO)CO)c1Cl. The lowest BCUT2D eigenvalue weighted by atomic mass is 9.99. The van der Waals surface area contributed by atoms with E-state index in [4.69, 9.17) is 34.8 Å². The lowest BCUT2D eigenvalue weighted by Crippen LogP contribution is -2.57. The van der Waals surface area contributed by atoms with Crippen LogP contribution >= 0.6 is 46.1 Å². The van der Waals surface area contributed by atoms with E-state index in [1.54, 1.807) is 29.6 Å². The lowest BCUT2D eigenvalue weighted by molar-refractivity contribution is -0.0573. The molecule has 0 aliphatic rings. The maximum Gasteiger partial charge on any atom is 0.267 e. The number of aliphatic hydroxyl groups is 4. The molecule has 0 aliphatic carbocycles. The van der Waals surface area contributed by atoms with Gasteiger partial charge < -0.3 is 31.1 Å². The molecule has 0 saturated carbocycles. The predicted molar refractivity (Wildman–Crippen MR) is 150 cm³/mol. The standard InChI is InChI=1S/C25H26Cl3N3O6S/c26-16-1-4-18(5-2-16)29-23(36)19-9-17(27)3-6-20(19)30-24(37)22-21(28)15(11-38-22)10-31(7-8-32)25(12-33,13-34)14-35/h1-6,9,11,32-35H,7-8,10,12-14H2,(H,29,36)(H,30,37). The van der Waals surface area contributed by atoms with Crippen molar-refractivity contribution < 1.29 is 30.0 Å². The molecule has 2 aromatic carbocycles. The number of halogens is 3. The second-order valence-corrected chi connectivity index (χ2v) is 10.5. The van der Waals surface area contributed by atoms with Gasteiger partial charge in [-0.15, -0.1) is 11.3 Å². The van der Waals surface area contributed by atoms with Gasteiger partial charge in [0.15, 0.2) is 0 Å². The van der Waals surface area contributed by atoms with Crippen molar-refractivity contribution in [1.82, 2.24) is 4.90 Å². The van der Waals surface area contributed by atoms with Crippen LogP contribution in [0.25, 0.3) is 0 Å². The average molecular weight is 603 g/mol. The molecule has 2 amide bonds. The average Bonchev–Trinajstić information content (AvgIpc) is 3.27. The molecule has 3 aromatic rings. The Morgan fingerprint density at radius 1 is 0.868 bits per heavy atom. The van der Waals surface area contributed by atoms with Crippen molar-refractivity contribution in [3.63, 3.8) is 0 Å². The summed E-state index contributed by atoms with van der Waals surface area (Å²) in [5, 5.41) is 46.8. The zero-order valence-corrected chi connectivity index (χ0v) is 23.0. The highest BCUT2D eigenvalue weighted by molar-refractivity contribution is 7.13. The summed E-state index contributed by atoms with van der Waals surface area (Å²) in [6, 6.07) is 11.0. The minimum atomic E-state index is -1.40. The fourth-order valence-electron chi connectivity index (χ4n) is 3.62. The molecule has 0 spiro atoms. The quantitative estimate of drug-likeness (QED) is 0.186. The molecule has 13 heteroatoms. The van der Waals surface area contributed by atoms with E-state index in [9.17, 15) is 30.0 Å². The first-order chi connectivity index (χ1) is 18.2. The highest BCUT2D eigenvalue weighted by Gasteiger charge is 2.36. The van der Waals surface area contributed by atoms with Crippen molar-refractivity contribution in [3.05, 3.63) is 78.9 Å². The number of hydrogen-bond acceptors (Lipinski definition) is 8. The summed E-state index contributed by atoms with van der Waals surface area (Å²) in [6.07, 6.45) is 0. The monoisotopic (exact) mass is 601 g/mol. The van der Waals surface area contributed by atoms with E-state index in [1.807, 2.05) is 0 Å². The third-order valence-corrected chi connectivity index (χ3v) is 7.93. The Kier molecular flexibility index (Phi) is 10.9. The molecule has 0 aliphatic heterocycles. The molecule has 204 valence electrons. The summed E-state index contributed by atoms with van der Waals surface area (Å²) >= 11 is 19.6. The van der Waals surface area contributed by atoms with Crippen LogP contribution in [0.4, 0.5) is 11.4 Å². The number of amides is 2. The van der Waals surface area contributed by atoms with Gasteiger partial charge in [-0.05, 0) is 53.4 Å². The Labute approximate surface area is 238 Å². The van der Waals surface area contributed by atoms with Crippen molar-refractivity contribution in [2.75, 3.05) is 43.6 Å². The molecule has 0 radical (unpaired) electrons. The number of anilines is 2. The number of nitrogens with zero attached hydrogens (tertiary/aromatic N) is 1. The van der Waals surface area contributed by atoms with Crippen LogP contribution in [0.15, 0.2) is 47.8 Å². The van der Waals surface area contributed by atoms with E-state index in [-0.39, 0.29) is 40.8 Å². The molecule has 9 nitrogen and oxygen atoms in total. The highest BCUT2D eigenvalue weighted by Crippen LogP contribution is 2.32. The van der Waals surface area contributed by atoms with Crippen molar-refractivity contribution in [2.24, 2.45) is 0 Å². The van der Waals surface area contributed by atoms with E-state index in [0.717, 1.165) is 11.3 Å². The second-order valence-electron chi connectivity index (χ2n) is 8.35. The smallest absolute Gasteiger partial charge is 0.267 e. The van der Waals surface area contributed by atoms with Gasteiger partial charge in [0, 0.05) is 28.8 Å². The van der Waals surface area contributed by atoms with Gasteiger partial charge in [0.1, 0.15) is 4.88 Å². The lowest BCUT2D eigenvalue weighted by Gasteiger charge is -2.39. The summed E-state index contributed by atoms with van der Waals surface area (Å²) in [5.74, 6) is -1.07. The molecule has 0 atom stereocenters. The summed E-state index contributed by atoms with van der Waals surface area (Å²) in [5.41, 5.74) is -0.0712. The van der Waals surface area contributed by atoms with Gasteiger partial charge in [0.05, 0.1) is 48.2 Å². The van der Waals surface area contributed by atoms with Crippen LogP contribution in [0.3, 0.4) is 0 Å². The van der Waals surface area contributed by atoms with Gasteiger partial charge in [-0.2, -0.15) is 0 Å². The first-order valence-corrected chi connectivity index (χ1v) is 13.3. The number of hydrogen-bond donors (Lipinski definition) is 6. The number of benzene rings is 2. The van der Waals surface area contributed by atoms with Crippen LogP contribution in [-0.4, -0.2) is 75.7 Å². The molecule has 3 rings (SSSR count).